The molecule has 1 heterocycles. The van der Waals surface area contributed by atoms with E-state index < -0.39 is 6.04 Å². The first-order valence-electron chi connectivity index (χ1n) is 6.88. The number of carbonyl (C=O) groups excluding carboxylic acids is 1. The highest BCUT2D eigenvalue weighted by atomic mass is 35.5. The number of nitrogens with one attached hydrogen (secondary N) is 1. The SMILES string of the molecule is NCCn1cc(C(=O)NC(CO)Cc2ccc(Cl)cc2)nn1. The second-order valence-corrected chi connectivity index (χ2v) is 5.28. The number of benzene rings is 1. The highest BCUT2D eigenvalue weighted by Crippen LogP contribution is 2.11. The molecule has 7 nitrogen and oxygen atoms in total. The number of nitrogens with two attached hydrogens (primary N) is 1. The molecule has 1 aromatic carbocycles. The van der Waals surface area contributed by atoms with Crippen LogP contribution >= 0.6 is 11.6 Å². The Bertz CT molecular complexity index is 614. The van der Waals surface area contributed by atoms with Crippen LogP contribution in [0.4, 0.5) is 0 Å². The Balaban J connectivity index is 1.96. The molecule has 1 unspecified atom stereocenters. The predicted octanol–water partition coefficient (Wildman–Crippen LogP) is 0.224. The van der Waals surface area contributed by atoms with Crippen molar-refractivity contribution in [3.05, 3.63) is 46.7 Å². The van der Waals surface area contributed by atoms with Gasteiger partial charge in [0.25, 0.3) is 5.91 Å². The van der Waals surface area contributed by atoms with E-state index >= 15 is 0 Å². The highest BCUT2D eigenvalue weighted by molar-refractivity contribution is 6.30. The topological polar surface area (TPSA) is 106 Å². The third-order valence-corrected chi connectivity index (χ3v) is 3.33. The first-order valence-corrected chi connectivity index (χ1v) is 7.26. The summed E-state index contributed by atoms with van der Waals surface area (Å²) in [5, 5.41) is 20.4. The van der Waals surface area contributed by atoms with Crippen LogP contribution in [0.25, 0.3) is 0 Å². The quantitative estimate of drug-likeness (QED) is 0.676. The van der Waals surface area contributed by atoms with Crippen LogP contribution in [0.3, 0.4) is 0 Å². The van der Waals surface area contributed by atoms with Crippen LogP contribution in [0.15, 0.2) is 30.5 Å². The Morgan fingerprint density at radius 1 is 1.41 bits per heavy atom. The molecule has 4 N–H and O–H groups in total. The van der Waals surface area contributed by atoms with Crippen molar-refractivity contribution in [3.63, 3.8) is 0 Å². The summed E-state index contributed by atoms with van der Waals surface area (Å²) < 4.78 is 1.50. The Morgan fingerprint density at radius 2 is 2.14 bits per heavy atom. The molecule has 0 aliphatic carbocycles. The molecule has 0 spiro atoms. The van der Waals surface area contributed by atoms with Crippen LogP contribution < -0.4 is 11.1 Å². The van der Waals surface area contributed by atoms with Crippen LogP contribution in [0.1, 0.15) is 16.1 Å². The average molecular weight is 324 g/mol. The molecule has 22 heavy (non-hydrogen) atoms. The van der Waals surface area contributed by atoms with Gasteiger partial charge in [0.1, 0.15) is 0 Å². The van der Waals surface area contributed by atoms with Gasteiger partial charge < -0.3 is 16.2 Å². The summed E-state index contributed by atoms with van der Waals surface area (Å²) in [5.41, 5.74) is 6.58. The summed E-state index contributed by atoms with van der Waals surface area (Å²) in [6.45, 7) is 0.736. The number of aliphatic hydroxyl groups is 1. The molecule has 0 aliphatic heterocycles. The number of aliphatic hydroxyl groups excluding tert-OH is 1. The van der Waals surface area contributed by atoms with Crippen molar-refractivity contribution in [1.29, 1.82) is 0 Å². The van der Waals surface area contributed by atoms with Crippen molar-refractivity contribution in [2.75, 3.05) is 13.2 Å². The molecule has 1 amide bonds. The maximum Gasteiger partial charge on any atom is 0.273 e. The van der Waals surface area contributed by atoms with Gasteiger partial charge in [-0.2, -0.15) is 0 Å². The number of hydrogen-bond acceptors (Lipinski definition) is 5. The van der Waals surface area contributed by atoms with E-state index in [0.717, 1.165) is 5.56 Å². The second kappa shape index (κ2) is 7.88. The molecule has 8 heteroatoms. The summed E-state index contributed by atoms with van der Waals surface area (Å²) in [6, 6.07) is 6.84. The lowest BCUT2D eigenvalue weighted by Crippen LogP contribution is -2.39. The Labute approximate surface area is 133 Å². The van der Waals surface area contributed by atoms with Crippen molar-refractivity contribution in [2.45, 2.75) is 19.0 Å². The van der Waals surface area contributed by atoms with Gasteiger partial charge in [0, 0.05) is 11.6 Å². The van der Waals surface area contributed by atoms with Crippen LogP contribution in [-0.4, -0.2) is 45.2 Å². The zero-order valence-corrected chi connectivity index (χ0v) is 12.7. The summed E-state index contributed by atoms with van der Waals surface area (Å²) >= 11 is 5.83. The third-order valence-electron chi connectivity index (χ3n) is 3.08. The first-order chi connectivity index (χ1) is 10.6. The molecule has 0 bridgehead atoms. The summed E-state index contributed by atoms with van der Waals surface area (Å²) in [4.78, 5) is 12.1. The number of amides is 1. The number of rotatable bonds is 7. The van der Waals surface area contributed by atoms with Gasteiger partial charge in [-0.05, 0) is 24.1 Å². The molecule has 2 rings (SSSR count). The minimum atomic E-state index is -0.409. The first kappa shape index (κ1) is 16.4. The van der Waals surface area contributed by atoms with Crippen molar-refractivity contribution in [1.82, 2.24) is 20.3 Å². The van der Waals surface area contributed by atoms with Gasteiger partial charge in [-0.3, -0.25) is 9.48 Å². The van der Waals surface area contributed by atoms with E-state index in [0.29, 0.717) is 24.5 Å². The number of carbonyl (C=O) groups is 1. The fourth-order valence-electron chi connectivity index (χ4n) is 1.97. The highest BCUT2D eigenvalue weighted by Gasteiger charge is 2.16. The van der Waals surface area contributed by atoms with E-state index in [1.54, 1.807) is 12.1 Å². The fourth-order valence-corrected chi connectivity index (χ4v) is 2.10. The van der Waals surface area contributed by atoms with Gasteiger partial charge >= 0.3 is 0 Å². The third kappa shape index (κ3) is 4.52. The maximum absolute atomic E-state index is 12.1. The number of hydrogen-bond donors (Lipinski definition) is 3. The van der Waals surface area contributed by atoms with Gasteiger partial charge in [-0.15, -0.1) is 5.10 Å². The van der Waals surface area contributed by atoms with E-state index in [2.05, 4.69) is 15.6 Å². The smallest absolute Gasteiger partial charge is 0.273 e. The van der Waals surface area contributed by atoms with Gasteiger partial charge in [-0.25, -0.2) is 0 Å². The number of aromatic nitrogens is 3. The molecule has 1 atom stereocenters. The van der Waals surface area contributed by atoms with Gasteiger partial charge in [-0.1, -0.05) is 28.9 Å². The van der Waals surface area contributed by atoms with Crippen LogP contribution in [0, 0.1) is 0 Å². The molecule has 2 aromatic rings. The van der Waals surface area contributed by atoms with Gasteiger partial charge in [0.15, 0.2) is 5.69 Å². The Kier molecular flexibility index (Phi) is 5.88. The molecular formula is C14H18ClN5O2. The Hall–Kier alpha value is -1.96. The van der Waals surface area contributed by atoms with Crippen molar-refractivity contribution < 1.29 is 9.90 Å². The van der Waals surface area contributed by atoms with Crippen LogP contribution in [0.2, 0.25) is 5.02 Å². The zero-order valence-electron chi connectivity index (χ0n) is 11.9. The molecule has 0 aliphatic rings. The molecular weight excluding hydrogens is 306 g/mol. The standard InChI is InChI=1S/C14H18ClN5O2/c15-11-3-1-10(2-4-11)7-12(9-21)17-14(22)13-8-20(6-5-16)19-18-13/h1-4,8,12,21H,5-7,9,16H2,(H,17,22). The van der Waals surface area contributed by atoms with Crippen molar-refractivity contribution in [2.24, 2.45) is 5.73 Å². The molecule has 0 radical (unpaired) electrons. The second-order valence-electron chi connectivity index (χ2n) is 4.84. The minimum absolute atomic E-state index is 0.175. The summed E-state index contributed by atoms with van der Waals surface area (Å²) in [6.07, 6.45) is 2.02. The summed E-state index contributed by atoms with van der Waals surface area (Å²) in [7, 11) is 0. The fraction of sp³-hybridized carbons (Fsp3) is 0.357. The van der Waals surface area contributed by atoms with Gasteiger partial charge in [0.2, 0.25) is 0 Å². The van der Waals surface area contributed by atoms with Crippen molar-refractivity contribution in [3.8, 4) is 0 Å². The van der Waals surface area contributed by atoms with Gasteiger partial charge in [0.05, 0.1) is 25.4 Å². The van der Waals surface area contributed by atoms with Crippen molar-refractivity contribution >= 4 is 17.5 Å². The molecule has 0 fully saturated rings. The lowest BCUT2D eigenvalue weighted by atomic mass is 10.1. The average Bonchev–Trinajstić information content (AvgIpc) is 2.98. The lowest BCUT2D eigenvalue weighted by molar-refractivity contribution is 0.0911. The number of nitrogens with zero attached hydrogens (tertiary/aromatic N) is 3. The predicted molar refractivity (Wildman–Crippen MR) is 82.6 cm³/mol. The molecule has 0 saturated carbocycles. The van der Waals surface area contributed by atoms with Crippen LogP contribution in [0.5, 0.6) is 0 Å². The van der Waals surface area contributed by atoms with E-state index in [-0.39, 0.29) is 18.2 Å². The van der Waals surface area contributed by atoms with Crippen LogP contribution in [-0.2, 0) is 13.0 Å². The molecule has 1 aromatic heterocycles. The summed E-state index contributed by atoms with van der Waals surface area (Å²) in [5.74, 6) is -0.378. The normalized spacial score (nSPS) is 12.1. The largest absolute Gasteiger partial charge is 0.394 e. The Morgan fingerprint density at radius 3 is 2.77 bits per heavy atom. The zero-order chi connectivity index (χ0) is 15.9. The van der Waals surface area contributed by atoms with E-state index in [1.165, 1.54) is 10.9 Å². The minimum Gasteiger partial charge on any atom is -0.394 e. The van der Waals surface area contributed by atoms with E-state index in [1.807, 2.05) is 12.1 Å². The maximum atomic E-state index is 12.1. The molecule has 118 valence electrons. The monoisotopic (exact) mass is 323 g/mol. The van der Waals surface area contributed by atoms with E-state index in [4.69, 9.17) is 17.3 Å². The number of halogens is 1. The molecule has 0 saturated heterocycles. The lowest BCUT2D eigenvalue weighted by Gasteiger charge is -2.15. The van der Waals surface area contributed by atoms with E-state index in [9.17, 15) is 9.90 Å².